The number of benzene rings is 1. The highest BCUT2D eigenvalue weighted by Gasteiger charge is 2.14. The number of hydroxylamine groups is 1. The average molecular weight is 254 g/mol. The zero-order valence-electron chi connectivity index (χ0n) is 9.37. The third kappa shape index (κ3) is 3.52. The highest BCUT2D eigenvalue weighted by Crippen LogP contribution is 2.17. The zero-order chi connectivity index (χ0) is 13.7. The predicted molar refractivity (Wildman–Crippen MR) is 58.9 cm³/mol. The zero-order valence-corrected chi connectivity index (χ0v) is 9.37. The number of aliphatic carboxylic acids is 1. The molecule has 0 radical (unpaired) electrons. The standard InChI is InChI=1S/C10H10N2O6/c1-6-2-3-7(12(16)17)4-8(6)10(15)11-18-5-9(13)14/h2-4H,5H2,1H3,(H,11,15)(H,13,14). The van der Waals surface area contributed by atoms with Crippen molar-refractivity contribution >= 4 is 17.6 Å². The number of carbonyl (C=O) groups excluding carboxylic acids is 1. The summed E-state index contributed by atoms with van der Waals surface area (Å²) in [4.78, 5) is 36.1. The van der Waals surface area contributed by atoms with Crippen molar-refractivity contribution in [2.24, 2.45) is 0 Å². The molecular weight excluding hydrogens is 244 g/mol. The van der Waals surface area contributed by atoms with Gasteiger partial charge in [0.25, 0.3) is 11.6 Å². The first-order chi connectivity index (χ1) is 8.41. The van der Waals surface area contributed by atoms with Crippen molar-refractivity contribution in [3.8, 4) is 0 Å². The first kappa shape index (κ1) is 13.6. The maximum Gasteiger partial charge on any atom is 0.332 e. The summed E-state index contributed by atoms with van der Waals surface area (Å²) in [6.45, 7) is 0.898. The SMILES string of the molecule is Cc1ccc([N+](=O)[O-])cc1C(=O)NOCC(=O)O. The third-order valence-corrected chi connectivity index (χ3v) is 2.04. The van der Waals surface area contributed by atoms with Crippen LogP contribution >= 0.6 is 0 Å². The summed E-state index contributed by atoms with van der Waals surface area (Å²) in [7, 11) is 0. The fourth-order valence-electron chi connectivity index (χ4n) is 1.19. The third-order valence-electron chi connectivity index (χ3n) is 2.04. The van der Waals surface area contributed by atoms with Gasteiger partial charge in [-0.3, -0.25) is 19.7 Å². The van der Waals surface area contributed by atoms with E-state index < -0.39 is 23.4 Å². The topological polar surface area (TPSA) is 119 Å². The predicted octanol–water partition coefficient (Wildman–Crippen LogP) is 0.649. The number of nitro groups is 1. The molecule has 8 heteroatoms. The average Bonchev–Trinajstić information content (AvgIpc) is 2.28. The number of carboxylic acid groups (broad SMARTS) is 1. The number of non-ortho nitro benzene ring substituents is 1. The lowest BCUT2D eigenvalue weighted by molar-refractivity contribution is -0.384. The molecule has 1 rings (SSSR count). The minimum atomic E-state index is -1.24. The molecule has 8 nitrogen and oxygen atoms in total. The molecule has 0 atom stereocenters. The summed E-state index contributed by atoms with van der Waals surface area (Å²) in [6, 6.07) is 3.78. The van der Waals surface area contributed by atoms with E-state index in [0.29, 0.717) is 5.56 Å². The van der Waals surface area contributed by atoms with Gasteiger partial charge in [0.1, 0.15) is 0 Å². The molecular formula is C10H10N2O6. The van der Waals surface area contributed by atoms with E-state index in [1.165, 1.54) is 12.1 Å². The molecule has 0 fully saturated rings. The van der Waals surface area contributed by atoms with Gasteiger partial charge in [-0.05, 0) is 12.5 Å². The molecule has 96 valence electrons. The van der Waals surface area contributed by atoms with E-state index >= 15 is 0 Å². The second-order valence-electron chi connectivity index (χ2n) is 3.37. The summed E-state index contributed by atoms with van der Waals surface area (Å²) in [5.74, 6) is -1.98. The van der Waals surface area contributed by atoms with Crippen LogP contribution in [0.1, 0.15) is 15.9 Å². The van der Waals surface area contributed by atoms with Gasteiger partial charge in [0, 0.05) is 12.1 Å². The van der Waals surface area contributed by atoms with E-state index in [-0.39, 0.29) is 11.3 Å². The highest BCUT2D eigenvalue weighted by atomic mass is 16.7. The lowest BCUT2D eigenvalue weighted by atomic mass is 10.1. The number of rotatable bonds is 5. The number of nitro benzene ring substituents is 1. The lowest BCUT2D eigenvalue weighted by Crippen LogP contribution is -2.27. The maximum absolute atomic E-state index is 11.6. The number of hydrogen-bond donors (Lipinski definition) is 2. The molecule has 0 aliphatic heterocycles. The van der Waals surface area contributed by atoms with Gasteiger partial charge in [-0.15, -0.1) is 0 Å². The van der Waals surface area contributed by atoms with Crippen molar-refractivity contribution in [3.05, 3.63) is 39.4 Å². The van der Waals surface area contributed by atoms with Gasteiger partial charge in [0.05, 0.1) is 10.5 Å². The van der Waals surface area contributed by atoms with Gasteiger partial charge in [-0.25, -0.2) is 10.3 Å². The van der Waals surface area contributed by atoms with Crippen molar-refractivity contribution in [1.82, 2.24) is 5.48 Å². The van der Waals surface area contributed by atoms with E-state index in [4.69, 9.17) is 5.11 Å². The Morgan fingerprint density at radius 2 is 2.17 bits per heavy atom. The fraction of sp³-hybridized carbons (Fsp3) is 0.200. The molecule has 18 heavy (non-hydrogen) atoms. The number of hydrogen-bond acceptors (Lipinski definition) is 5. The van der Waals surface area contributed by atoms with Crippen LogP contribution in [0, 0.1) is 17.0 Å². The first-order valence-electron chi connectivity index (χ1n) is 4.80. The largest absolute Gasteiger partial charge is 0.479 e. The molecule has 0 aliphatic rings. The second-order valence-corrected chi connectivity index (χ2v) is 3.37. The Morgan fingerprint density at radius 3 is 2.72 bits per heavy atom. The first-order valence-corrected chi connectivity index (χ1v) is 4.80. The molecule has 0 spiro atoms. The fourth-order valence-corrected chi connectivity index (χ4v) is 1.19. The molecule has 1 aromatic rings. The van der Waals surface area contributed by atoms with E-state index in [2.05, 4.69) is 4.84 Å². The Balaban J connectivity index is 2.81. The quantitative estimate of drug-likeness (QED) is 0.588. The van der Waals surface area contributed by atoms with Crippen LogP contribution < -0.4 is 5.48 Å². The van der Waals surface area contributed by atoms with Crippen molar-refractivity contribution in [1.29, 1.82) is 0 Å². The highest BCUT2D eigenvalue weighted by molar-refractivity contribution is 5.95. The summed E-state index contributed by atoms with van der Waals surface area (Å²) < 4.78 is 0. The van der Waals surface area contributed by atoms with E-state index in [1.807, 2.05) is 5.48 Å². The molecule has 1 amide bonds. The Hall–Kier alpha value is -2.48. The van der Waals surface area contributed by atoms with Crippen LogP contribution in [0.15, 0.2) is 18.2 Å². The number of carboxylic acids is 1. The van der Waals surface area contributed by atoms with Crippen molar-refractivity contribution < 1.29 is 24.5 Å². The number of nitrogens with one attached hydrogen (secondary N) is 1. The van der Waals surface area contributed by atoms with Crippen LogP contribution in [-0.2, 0) is 9.63 Å². The van der Waals surface area contributed by atoms with Gasteiger partial charge in [0.2, 0.25) is 0 Å². The van der Waals surface area contributed by atoms with Crippen LogP contribution in [0.5, 0.6) is 0 Å². The van der Waals surface area contributed by atoms with Gasteiger partial charge in [-0.2, -0.15) is 0 Å². The monoisotopic (exact) mass is 254 g/mol. The van der Waals surface area contributed by atoms with Crippen LogP contribution in [0.4, 0.5) is 5.69 Å². The Morgan fingerprint density at radius 1 is 1.50 bits per heavy atom. The van der Waals surface area contributed by atoms with E-state index in [0.717, 1.165) is 6.07 Å². The molecule has 0 aromatic heterocycles. The van der Waals surface area contributed by atoms with Crippen molar-refractivity contribution in [2.75, 3.05) is 6.61 Å². The van der Waals surface area contributed by atoms with Crippen LogP contribution in [0.2, 0.25) is 0 Å². The smallest absolute Gasteiger partial charge is 0.332 e. The van der Waals surface area contributed by atoms with Crippen LogP contribution in [0.3, 0.4) is 0 Å². The Bertz CT molecular complexity index is 499. The van der Waals surface area contributed by atoms with E-state index in [9.17, 15) is 19.7 Å². The van der Waals surface area contributed by atoms with Gasteiger partial charge >= 0.3 is 5.97 Å². The Kier molecular flexibility index (Phi) is 4.33. The Labute approximate surface area is 101 Å². The van der Waals surface area contributed by atoms with Gasteiger partial charge in [-0.1, -0.05) is 6.07 Å². The lowest BCUT2D eigenvalue weighted by Gasteiger charge is -2.06. The normalized spacial score (nSPS) is 9.83. The summed E-state index contributed by atoms with van der Waals surface area (Å²) in [6.07, 6.45) is 0. The summed E-state index contributed by atoms with van der Waals surface area (Å²) in [5.41, 5.74) is 2.22. The number of amides is 1. The summed E-state index contributed by atoms with van der Waals surface area (Å²) >= 11 is 0. The van der Waals surface area contributed by atoms with E-state index in [1.54, 1.807) is 6.92 Å². The minimum Gasteiger partial charge on any atom is -0.479 e. The molecule has 0 saturated heterocycles. The van der Waals surface area contributed by atoms with Crippen molar-refractivity contribution in [3.63, 3.8) is 0 Å². The van der Waals surface area contributed by atoms with Gasteiger partial charge in [0.15, 0.2) is 6.61 Å². The van der Waals surface area contributed by atoms with Gasteiger partial charge < -0.3 is 5.11 Å². The van der Waals surface area contributed by atoms with Crippen molar-refractivity contribution in [2.45, 2.75) is 6.92 Å². The molecule has 0 unspecified atom stereocenters. The maximum atomic E-state index is 11.6. The number of nitrogens with zero attached hydrogens (tertiary/aromatic N) is 1. The molecule has 1 aromatic carbocycles. The minimum absolute atomic E-state index is 0.0505. The molecule has 0 bridgehead atoms. The molecule has 0 saturated carbocycles. The number of aryl methyl sites for hydroxylation is 1. The second kappa shape index (κ2) is 5.73. The van der Waals surface area contributed by atoms with Crippen LogP contribution in [0.25, 0.3) is 0 Å². The summed E-state index contributed by atoms with van der Waals surface area (Å²) in [5, 5.41) is 18.9. The molecule has 2 N–H and O–H groups in total. The molecule has 0 aliphatic carbocycles. The number of carbonyl (C=O) groups is 2. The van der Waals surface area contributed by atoms with Crippen LogP contribution in [-0.4, -0.2) is 28.5 Å². The molecule has 0 heterocycles.